The molecule has 1 aliphatic rings. The van der Waals surface area contributed by atoms with Crippen molar-refractivity contribution in [2.75, 3.05) is 51.8 Å². The number of pyridine rings is 1. The van der Waals surface area contributed by atoms with Crippen LogP contribution in [0, 0.1) is 0 Å². The van der Waals surface area contributed by atoms with Gasteiger partial charge in [0.25, 0.3) is 5.91 Å². The fourth-order valence-electron chi connectivity index (χ4n) is 3.48. The van der Waals surface area contributed by atoms with Gasteiger partial charge in [-0.3, -0.25) is 9.59 Å². The third kappa shape index (κ3) is 6.05. The number of hydrogen-bond donors (Lipinski definition) is 1. The van der Waals surface area contributed by atoms with Crippen molar-refractivity contribution in [1.82, 2.24) is 15.2 Å². The fraction of sp³-hybridized carbons (Fsp3) is 0.409. The first kappa shape index (κ1) is 24.1. The highest BCUT2D eigenvalue weighted by Crippen LogP contribution is 2.29. The third-order valence-corrected chi connectivity index (χ3v) is 5.29. The van der Waals surface area contributed by atoms with Crippen LogP contribution in [0.1, 0.15) is 22.3 Å². The molecule has 2 heterocycles. The molecule has 0 spiro atoms. The van der Waals surface area contributed by atoms with E-state index in [-0.39, 0.29) is 12.5 Å². The Morgan fingerprint density at radius 1 is 1.03 bits per heavy atom. The van der Waals surface area contributed by atoms with Gasteiger partial charge in [0, 0.05) is 37.9 Å². The van der Waals surface area contributed by atoms with Crippen LogP contribution in [0.3, 0.4) is 0 Å². The summed E-state index contributed by atoms with van der Waals surface area (Å²) in [6.07, 6.45) is -3.00. The number of nitrogens with zero attached hydrogens (tertiary/aromatic N) is 3. The molecule has 8 nitrogen and oxygen atoms in total. The van der Waals surface area contributed by atoms with Crippen LogP contribution in [0.5, 0.6) is 11.5 Å². The molecular formula is C22H25F3N4O4. The molecule has 1 aromatic carbocycles. The summed E-state index contributed by atoms with van der Waals surface area (Å²) in [6.45, 7) is 1.65. The van der Waals surface area contributed by atoms with Gasteiger partial charge < -0.3 is 24.6 Å². The number of benzene rings is 1. The number of halogens is 3. The summed E-state index contributed by atoms with van der Waals surface area (Å²) in [7, 11) is 2.96. The molecule has 33 heavy (non-hydrogen) atoms. The van der Waals surface area contributed by atoms with E-state index in [1.54, 1.807) is 17.0 Å². The average Bonchev–Trinajstić information content (AvgIpc) is 3.08. The zero-order valence-corrected chi connectivity index (χ0v) is 18.3. The van der Waals surface area contributed by atoms with Gasteiger partial charge in [-0.1, -0.05) is 0 Å². The molecule has 2 amide bonds. The first-order valence-corrected chi connectivity index (χ1v) is 10.3. The summed E-state index contributed by atoms with van der Waals surface area (Å²) in [6, 6.07) is 7.04. The summed E-state index contributed by atoms with van der Waals surface area (Å²) in [4.78, 5) is 32.4. The Bertz CT molecular complexity index is 983. The molecule has 0 bridgehead atoms. The molecule has 178 valence electrons. The standard InChI is InChI=1S/C22H25F3N4O4/c1-32-17-6-4-15(12-18(17)33-2)21(31)27-14-20(30)29-9-3-8-28(10-11-29)19-7-5-16(13-26-19)22(23,24)25/h4-7,12-13H,3,8-11,14H2,1-2H3,(H,27,31). The maximum absolute atomic E-state index is 12.7. The molecule has 0 atom stereocenters. The highest BCUT2D eigenvalue weighted by molar-refractivity contribution is 5.97. The molecule has 1 saturated heterocycles. The van der Waals surface area contributed by atoms with Crippen LogP contribution in [-0.2, 0) is 11.0 Å². The highest BCUT2D eigenvalue weighted by Gasteiger charge is 2.31. The Morgan fingerprint density at radius 3 is 2.42 bits per heavy atom. The number of alkyl halides is 3. The largest absolute Gasteiger partial charge is 0.493 e. The van der Waals surface area contributed by atoms with Gasteiger partial charge in [-0.2, -0.15) is 13.2 Å². The molecule has 1 aliphatic heterocycles. The number of nitrogens with one attached hydrogen (secondary N) is 1. The number of hydrogen-bond acceptors (Lipinski definition) is 6. The second kappa shape index (κ2) is 10.4. The van der Waals surface area contributed by atoms with Crippen molar-refractivity contribution in [3.8, 4) is 11.5 Å². The molecular weight excluding hydrogens is 441 g/mol. The number of rotatable bonds is 6. The number of carbonyl (C=O) groups excluding carboxylic acids is 2. The summed E-state index contributed by atoms with van der Waals surface area (Å²) in [5, 5.41) is 2.61. The van der Waals surface area contributed by atoms with Crippen LogP contribution in [0.25, 0.3) is 0 Å². The van der Waals surface area contributed by atoms with E-state index >= 15 is 0 Å². The molecule has 3 rings (SSSR count). The van der Waals surface area contributed by atoms with Crippen molar-refractivity contribution < 1.29 is 32.2 Å². The van der Waals surface area contributed by atoms with Gasteiger partial charge in [0.15, 0.2) is 11.5 Å². The lowest BCUT2D eigenvalue weighted by molar-refractivity contribution is -0.137. The van der Waals surface area contributed by atoms with E-state index in [1.807, 2.05) is 4.90 Å². The zero-order valence-electron chi connectivity index (χ0n) is 18.3. The monoisotopic (exact) mass is 466 g/mol. The van der Waals surface area contributed by atoms with E-state index in [0.717, 1.165) is 12.3 Å². The van der Waals surface area contributed by atoms with Gasteiger partial charge in [-0.15, -0.1) is 0 Å². The number of carbonyl (C=O) groups is 2. The van der Waals surface area contributed by atoms with Gasteiger partial charge in [0.05, 0.1) is 26.3 Å². The Labute approximate surface area is 189 Å². The number of ether oxygens (including phenoxy) is 2. The van der Waals surface area contributed by atoms with E-state index in [1.165, 1.54) is 26.4 Å². The van der Waals surface area contributed by atoms with Crippen LogP contribution >= 0.6 is 0 Å². The topological polar surface area (TPSA) is 84.0 Å². The molecule has 11 heteroatoms. The third-order valence-electron chi connectivity index (χ3n) is 5.29. The number of aromatic nitrogens is 1. The summed E-state index contributed by atoms with van der Waals surface area (Å²) < 4.78 is 48.5. The van der Waals surface area contributed by atoms with Gasteiger partial charge >= 0.3 is 6.18 Å². The van der Waals surface area contributed by atoms with E-state index in [9.17, 15) is 22.8 Å². The average molecular weight is 466 g/mol. The predicted octanol–water partition coefficient (Wildman–Crippen LogP) is 2.59. The van der Waals surface area contributed by atoms with Gasteiger partial charge in [0.1, 0.15) is 5.82 Å². The number of anilines is 1. The van der Waals surface area contributed by atoms with E-state index in [0.29, 0.717) is 55.5 Å². The molecule has 1 N–H and O–H groups in total. The Kier molecular flexibility index (Phi) is 7.62. The lowest BCUT2D eigenvalue weighted by Crippen LogP contribution is -2.42. The van der Waals surface area contributed by atoms with E-state index < -0.39 is 17.6 Å². The van der Waals surface area contributed by atoms with Gasteiger partial charge in [-0.05, 0) is 36.8 Å². The van der Waals surface area contributed by atoms with E-state index in [2.05, 4.69) is 10.3 Å². The number of amides is 2. The summed E-state index contributed by atoms with van der Waals surface area (Å²) in [5.74, 6) is 0.655. The minimum Gasteiger partial charge on any atom is -0.493 e. The Hall–Kier alpha value is -3.50. The number of methoxy groups -OCH3 is 2. The van der Waals surface area contributed by atoms with Crippen LogP contribution in [0.2, 0.25) is 0 Å². The van der Waals surface area contributed by atoms with Crippen molar-refractivity contribution in [2.45, 2.75) is 12.6 Å². The minimum atomic E-state index is -4.44. The van der Waals surface area contributed by atoms with E-state index in [4.69, 9.17) is 9.47 Å². The molecule has 0 radical (unpaired) electrons. The Balaban J connectivity index is 1.54. The molecule has 1 aromatic heterocycles. The quantitative estimate of drug-likeness (QED) is 0.705. The molecule has 2 aromatic rings. The predicted molar refractivity (Wildman–Crippen MR) is 115 cm³/mol. The Morgan fingerprint density at radius 2 is 1.79 bits per heavy atom. The molecule has 0 unspecified atom stereocenters. The highest BCUT2D eigenvalue weighted by atomic mass is 19.4. The van der Waals surface area contributed by atoms with Crippen molar-refractivity contribution in [3.05, 3.63) is 47.7 Å². The van der Waals surface area contributed by atoms with Crippen LogP contribution in [0.15, 0.2) is 36.5 Å². The molecule has 0 aliphatic carbocycles. The maximum atomic E-state index is 12.7. The second-order valence-electron chi connectivity index (χ2n) is 7.38. The van der Waals surface area contributed by atoms with Crippen molar-refractivity contribution in [3.63, 3.8) is 0 Å². The summed E-state index contributed by atoms with van der Waals surface area (Å²) in [5.41, 5.74) is -0.473. The lowest BCUT2D eigenvalue weighted by atomic mass is 10.2. The first-order chi connectivity index (χ1) is 15.7. The maximum Gasteiger partial charge on any atom is 0.417 e. The first-order valence-electron chi connectivity index (χ1n) is 10.3. The lowest BCUT2D eigenvalue weighted by Gasteiger charge is -2.23. The zero-order chi connectivity index (χ0) is 24.0. The van der Waals surface area contributed by atoms with Gasteiger partial charge in [0.2, 0.25) is 5.91 Å². The second-order valence-corrected chi connectivity index (χ2v) is 7.38. The van der Waals surface area contributed by atoms with Crippen LogP contribution in [-0.4, -0.2) is 68.6 Å². The summed E-state index contributed by atoms with van der Waals surface area (Å²) >= 11 is 0. The minimum absolute atomic E-state index is 0.175. The molecule has 0 saturated carbocycles. The molecule has 1 fully saturated rings. The van der Waals surface area contributed by atoms with Crippen molar-refractivity contribution in [1.29, 1.82) is 0 Å². The van der Waals surface area contributed by atoms with Crippen LogP contribution < -0.4 is 19.7 Å². The normalized spacial score (nSPS) is 14.5. The van der Waals surface area contributed by atoms with Crippen molar-refractivity contribution in [2.24, 2.45) is 0 Å². The van der Waals surface area contributed by atoms with Gasteiger partial charge in [-0.25, -0.2) is 4.98 Å². The SMILES string of the molecule is COc1ccc(C(=O)NCC(=O)N2CCCN(c3ccc(C(F)(F)F)cn3)CC2)cc1OC. The van der Waals surface area contributed by atoms with Crippen molar-refractivity contribution >= 4 is 17.6 Å². The van der Waals surface area contributed by atoms with Crippen LogP contribution in [0.4, 0.5) is 19.0 Å². The smallest absolute Gasteiger partial charge is 0.417 e. The fourth-order valence-corrected chi connectivity index (χ4v) is 3.48.